The predicted molar refractivity (Wildman–Crippen MR) is 88.1 cm³/mol. The van der Waals surface area contributed by atoms with Crippen molar-refractivity contribution in [3.8, 4) is 5.69 Å². The van der Waals surface area contributed by atoms with Crippen LogP contribution in [0.5, 0.6) is 0 Å². The summed E-state index contributed by atoms with van der Waals surface area (Å²) in [6.07, 6.45) is 1.50. The van der Waals surface area contributed by atoms with Crippen molar-refractivity contribution < 1.29 is 23.5 Å². The Morgan fingerprint density at radius 2 is 1.77 bits per heavy atom. The summed E-state index contributed by atoms with van der Waals surface area (Å²) in [6, 6.07) is 11.4. The molecule has 0 saturated heterocycles. The van der Waals surface area contributed by atoms with Crippen LogP contribution < -0.4 is 5.32 Å². The molecule has 3 aromatic rings. The molecule has 0 fully saturated rings. The largest absolute Gasteiger partial charge is 0.476 e. The number of carbonyl (C=O) groups is 2. The number of aromatic nitrogens is 2. The van der Waals surface area contributed by atoms with Crippen molar-refractivity contribution in [3.05, 3.63) is 83.2 Å². The van der Waals surface area contributed by atoms with Gasteiger partial charge in [-0.05, 0) is 35.9 Å². The molecule has 1 amide bonds. The number of aromatic carboxylic acids is 1. The van der Waals surface area contributed by atoms with Gasteiger partial charge in [-0.2, -0.15) is 5.10 Å². The van der Waals surface area contributed by atoms with Crippen LogP contribution in [0.15, 0.2) is 54.7 Å². The summed E-state index contributed by atoms with van der Waals surface area (Å²) in [4.78, 5) is 22.9. The molecule has 3 rings (SSSR count). The van der Waals surface area contributed by atoms with Gasteiger partial charge in [-0.25, -0.2) is 18.3 Å². The Hall–Kier alpha value is -3.55. The molecular formula is C18H13F2N3O3. The molecule has 0 spiro atoms. The number of carbonyl (C=O) groups excluding carboxylic acids is 1. The third kappa shape index (κ3) is 3.59. The van der Waals surface area contributed by atoms with Gasteiger partial charge in [0.15, 0.2) is 5.69 Å². The molecule has 8 heteroatoms. The smallest absolute Gasteiger partial charge is 0.356 e. The minimum atomic E-state index is -1.14. The molecule has 26 heavy (non-hydrogen) atoms. The lowest BCUT2D eigenvalue weighted by Gasteiger charge is -2.09. The predicted octanol–water partition coefficient (Wildman–Crippen LogP) is 2.78. The number of nitrogens with one attached hydrogen (secondary N) is 1. The standard InChI is InChI=1S/C18H13F2N3O3/c19-13-5-2-6-14(20)16(13)17(24)21-10-11-3-1-4-12(9-11)23-8-7-15(22-23)18(25)26/h1-9H,10H2,(H,21,24)(H,25,26). The van der Waals surface area contributed by atoms with Gasteiger partial charge in [-0.15, -0.1) is 0 Å². The maximum atomic E-state index is 13.6. The lowest BCUT2D eigenvalue weighted by molar-refractivity contribution is 0.0689. The second-order valence-corrected chi connectivity index (χ2v) is 5.40. The van der Waals surface area contributed by atoms with E-state index in [0.717, 1.165) is 12.1 Å². The molecule has 0 saturated carbocycles. The van der Waals surface area contributed by atoms with Crippen LogP contribution in [0.3, 0.4) is 0 Å². The monoisotopic (exact) mass is 357 g/mol. The van der Waals surface area contributed by atoms with Gasteiger partial charge in [-0.1, -0.05) is 18.2 Å². The fourth-order valence-corrected chi connectivity index (χ4v) is 2.38. The zero-order valence-electron chi connectivity index (χ0n) is 13.3. The zero-order valence-corrected chi connectivity index (χ0v) is 13.3. The van der Waals surface area contributed by atoms with Crippen molar-refractivity contribution in [2.75, 3.05) is 0 Å². The molecule has 2 N–H and O–H groups in total. The average molecular weight is 357 g/mol. The number of hydrogen-bond acceptors (Lipinski definition) is 3. The van der Waals surface area contributed by atoms with Crippen LogP contribution in [-0.2, 0) is 6.54 Å². The van der Waals surface area contributed by atoms with Crippen molar-refractivity contribution in [2.24, 2.45) is 0 Å². The Morgan fingerprint density at radius 3 is 2.42 bits per heavy atom. The van der Waals surface area contributed by atoms with Crippen LogP contribution in [-0.4, -0.2) is 26.8 Å². The lowest BCUT2D eigenvalue weighted by Crippen LogP contribution is -2.25. The Bertz CT molecular complexity index is 965. The van der Waals surface area contributed by atoms with E-state index >= 15 is 0 Å². The van der Waals surface area contributed by atoms with E-state index in [0.29, 0.717) is 11.3 Å². The van der Waals surface area contributed by atoms with Gasteiger partial charge >= 0.3 is 5.97 Å². The number of carboxylic acids is 1. The van der Waals surface area contributed by atoms with E-state index in [-0.39, 0.29) is 12.2 Å². The molecule has 0 aliphatic rings. The highest BCUT2D eigenvalue weighted by atomic mass is 19.1. The summed E-state index contributed by atoms with van der Waals surface area (Å²) in [5, 5.41) is 15.3. The molecule has 0 radical (unpaired) electrons. The molecule has 0 aliphatic carbocycles. The van der Waals surface area contributed by atoms with Crippen LogP contribution in [0.4, 0.5) is 8.78 Å². The van der Waals surface area contributed by atoms with Crippen LogP contribution in [0, 0.1) is 11.6 Å². The molecule has 0 bridgehead atoms. The highest BCUT2D eigenvalue weighted by Crippen LogP contribution is 2.14. The first kappa shape index (κ1) is 17.3. The highest BCUT2D eigenvalue weighted by molar-refractivity contribution is 5.94. The average Bonchev–Trinajstić information content (AvgIpc) is 3.10. The summed E-state index contributed by atoms with van der Waals surface area (Å²) in [5.74, 6) is -3.87. The number of hydrogen-bond donors (Lipinski definition) is 2. The number of amides is 1. The summed E-state index contributed by atoms with van der Waals surface area (Å²) < 4.78 is 28.6. The normalized spacial score (nSPS) is 10.5. The van der Waals surface area contributed by atoms with E-state index in [4.69, 9.17) is 5.11 Å². The van der Waals surface area contributed by atoms with Crippen LogP contribution >= 0.6 is 0 Å². The fraction of sp³-hybridized carbons (Fsp3) is 0.0556. The Morgan fingerprint density at radius 1 is 1.08 bits per heavy atom. The maximum Gasteiger partial charge on any atom is 0.356 e. The topological polar surface area (TPSA) is 84.2 Å². The van der Waals surface area contributed by atoms with Crippen LogP contribution in [0.2, 0.25) is 0 Å². The van der Waals surface area contributed by atoms with E-state index in [9.17, 15) is 18.4 Å². The third-order valence-electron chi connectivity index (χ3n) is 3.63. The second-order valence-electron chi connectivity index (χ2n) is 5.40. The first-order valence-corrected chi connectivity index (χ1v) is 7.56. The molecule has 0 unspecified atom stereocenters. The zero-order chi connectivity index (χ0) is 18.7. The van der Waals surface area contributed by atoms with E-state index in [1.165, 1.54) is 23.0 Å². The van der Waals surface area contributed by atoms with Crippen molar-refractivity contribution in [2.45, 2.75) is 6.54 Å². The Balaban J connectivity index is 1.75. The number of halogens is 2. The van der Waals surface area contributed by atoms with Gasteiger partial charge < -0.3 is 10.4 Å². The summed E-state index contributed by atoms with van der Waals surface area (Å²) in [7, 11) is 0. The maximum absolute atomic E-state index is 13.6. The van der Waals surface area contributed by atoms with Gasteiger partial charge in [0, 0.05) is 12.7 Å². The lowest BCUT2D eigenvalue weighted by atomic mass is 10.1. The van der Waals surface area contributed by atoms with Crippen LogP contribution in [0.25, 0.3) is 5.69 Å². The minimum Gasteiger partial charge on any atom is -0.476 e. The summed E-state index contributed by atoms with van der Waals surface area (Å²) in [6.45, 7) is 0.0352. The second kappa shape index (κ2) is 7.14. The third-order valence-corrected chi connectivity index (χ3v) is 3.63. The molecule has 0 atom stereocenters. The van der Waals surface area contributed by atoms with E-state index in [1.54, 1.807) is 24.3 Å². The molecular weight excluding hydrogens is 344 g/mol. The SMILES string of the molecule is O=C(O)c1ccn(-c2cccc(CNC(=O)c3c(F)cccc3F)c2)n1. The summed E-state index contributed by atoms with van der Waals surface area (Å²) in [5.41, 5.74) is 0.502. The first-order chi connectivity index (χ1) is 12.5. The van der Waals surface area contributed by atoms with Crippen molar-refractivity contribution in [3.63, 3.8) is 0 Å². The highest BCUT2D eigenvalue weighted by Gasteiger charge is 2.16. The number of rotatable bonds is 5. The van der Waals surface area contributed by atoms with E-state index in [2.05, 4.69) is 10.4 Å². The molecule has 0 aliphatic heterocycles. The molecule has 1 aromatic heterocycles. The van der Waals surface area contributed by atoms with E-state index < -0.39 is 29.1 Å². The Kier molecular flexibility index (Phi) is 4.74. The Labute approximate surface area is 146 Å². The first-order valence-electron chi connectivity index (χ1n) is 7.56. The number of carboxylic acid groups (broad SMARTS) is 1. The summed E-state index contributed by atoms with van der Waals surface area (Å²) >= 11 is 0. The van der Waals surface area contributed by atoms with E-state index in [1.807, 2.05) is 0 Å². The van der Waals surface area contributed by atoms with Crippen molar-refractivity contribution >= 4 is 11.9 Å². The number of nitrogens with zero attached hydrogens (tertiary/aromatic N) is 2. The van der Waals surface area contributed by atoms with Gasteiger partial charge in [0.1, 0.15) is 17.2 Å². The van der Waals surface area contributed by atoms with Gasteiger partial charge in [0.2, 0.25) is 0 Å². The quantitative estimate of drug-likeness (QED) is 0.735. The van der Waals surface area contributed by atoms with Crippen molar-refractivity contribution in [1.82, 2.24) is 15.1 Å². The van der Waals surface area contributed by atoms with Gasteiger partial charge in [-0.3, -0.25) is 4.79 Å². The van der Waals surface area contributed by atoms with Gasteiger partial charge in [0.25, 0.3) is 5.91 Å². The minimum absolute atomic E-state index is 0.0352. The molecule has 132 valence electrons. The van der Waals surface area contributed by atoms with Gasteiger partial charge in [0.05, 0.1) is 5.69 Å². The fourth-order valence-electron chi connectivity index (χ4n) is 2.38. The molecule has 1 heterocycles. The van der Waals surface area contributed by atoms with Crippen LogP contribution in [0.1, 0.15) is 26.4 Å². The molecule has 6 nitrogen and oxygen atoms in total. The molecule has 2 aromatic carbocycles. The number of benzene rings is 2. The van der Waals surface area contributed by atoms with Crippen molar-refractivity contribution in [1.29, 1.82) is 0 Å².